The summed E-state index contributed by atoms with van der Waals surface area (Å²) in [5.74, 6) is -8.34. The van der Waals surface area contributed by atoms with Gasteiger partial charge in [-0.05, 0) is 121 Å². The van der Waals surface area contributed by atoms with E-state index in [1.807, 2.05) is 0 Å². The highest BCUT2D eigenvalue weighted by atomic mass is 19.1. The molecule has 6 amide bonds. The Balaban J connectivity index is 1.00. The quantitative estimate of drug-likeness (QED) is 0.0712. The van der Waals surface area contributed by atoms with Crippen LogP contribution in [-0.2, 0) is 44.9 Å². The van der Waals surface area contributed by atoms with Gasteiger partial charge in [0.2, 0.25) is 23.6 Å². The molecule has 0 spiro atoms. The number of aromatic hydroxyl groups is 1. The number of rotatable bonds is 19. The number of benzene rings is 5. The van der Waals surface area contributed by atoms with Crippen LogP contribution in [0.3, 0.4) is 0 Å². The lowest BCUT2D eigenvalue weighted by atomic mass is 9.91. The minimum atomic E-state index is -0.973. The second-order valence-corrected chi connectivity index (χ2v) is 17.7. The molecule has 4 atom stereocenters. The fourth-order valence-corrected chi connectivity index (χ4v) is 8.88. The number of hydrogen-bond donors (Lipinski definition) is 5. The zero-order chi connectivity index (χ0) is 49.7. The van der Waals surface area contributed by atoms with E-state index in [9.17, 15) is 51.4 Å². The first-order valence-electron chi connectivity index (χ1n) is 23.2. The Morgan fingerprint density at radius 1 is 0.457 bits per heavy atom. The van der Waals surface area contributed by atoms with E-state index in [4.69, 9.17) is 0 Å². The van der Waals surface area contributed by atoms with E-state index < -0.39 is 64.7 Å². The van der Waals surface area contributed by atoms with Gasteiger partial charge in [-0.3, -0.25) is 28.8 Å². The van der Waals surface area contributed by atoms with E-state index >= 15 is 0 Å². The van der Waals surface area contributed by atoms with Crippen LogP contribution in [0.15, 0.2) is 115 Å². The first kappa shape index (κ1) is 50.3. The SMILES string of the molecule is O=C(CC1CN(C(=O)c2ccc(C(=O)N3CC(C(=O)NCCc4ccc(F)cc4)[C@H](C(=O)NCCc4ccc(F)cc4)C3)c(O)c2)CC1C(=O)NCCc1ccc(F)cc1)NCCc1ccc(F)cc1. The van der Waals surface area contributed by atoms with Gasteiger partial charge in [-0.25, -0.2) is 17.6 Å². The molecule has 13 nitrogen and oxygen atoms in total. The molecule has 0 radical (unpaired) electrons. The van der Waals surface area contributed by atoms with Crippen LogP contribution in [0.4, 0.5) is 17.6 Å². The predicted molar refractivity (Wildman–Crippen MR) is 251 cm³/mol. The lowest BCUT2D eigenvalue weighted by Gasteiger charge is -2.19. The third-order valence-electron chi connectivity index (χ3n) is 12.8. The van der Waals surface area contributed by atoms with Crippen LogP contribution in [0.1, 0.15) is 49.4 Å². The zero-order valence-corrected chi connectivity index (χ0v) is 38.3. The van der Waals surface area contributed by atoms with E-state index in [0.717, 1.165) is 28.3 Å². The largest absolute Gasteiger partial charge is 0.507 e. The minimum absolute atomic E-state index is 0.00663. The molecule has 0 aromatic heterocycles. The highest BCUT2D eigenvalue weighted by Crippen LogP contribution is 2.31. The number of likely N-dealkylation sites (tertiary alicyclic amines) is 2. The Morgan fingerprint density at radius 2 is 0.814 bits per heavy atom. The molecule has 366 valence electrons. The lowest BCUT2D eigenvalue weighted by molar-refractivity contribution is -0.132. The number of hydrogen-bond acceptors (Lipinski definition) is 7. The van der Waals surface area contributed by atoms with Crippen molar-refractivity contribution in [2.45, 2.75) is 32.1 Å². The van der Waals surface area contributed by atoms with Gasteiger partial charge in [0.1, 0.15) is 29.0 Å². The van der Waals surface area contributed by atoms with Crippen molar-refractivity contribution in [3.63, 3.8) is 0 Å². The molecule has 0 saturated carbocycles. The van der Waals surface area contributed by atoms with E-state index in [2.05, 4.69) is 21.3 Å². The summed E-state index contributed by atoms with van der Waals surface area (Å²) in [6.07, 6.45) is 1.54. The maximum atomic E-state index is 14.1. The topological polar surface area (TPSA) is 177 Å². The number of phenolic OH excluding ortho intramolecular Hbond substituents is 1. The maximum absolute atomic E-state index is 14.1. The van der Waals surface area contributed by atoms with Gasteiger partial charge in [-0.15, -0.1) is 0 Å². The molecular formula is C53H54F4N6O7. The van der Waals surface area contributed by atoms with Crippen LogP contribution >= 0.6 is 0 Å². The van der Waals surface area contributed by atoms with Gasteiger partial charge in [-0.1, -0.05) is 48.5 Å². The van der Waals surface area contributed by atoms with Gasteiger partial charge < -0.3 is 36.2 Å². The first-order chi connectivity index (χ1) is 33.7. The summed E-state index contributed by atoms with van der Waals surface area (Å²) >= 11 is 0. The standard InChI is InChI=1S/C53H54F4N6O7/c54-39-10-1-33(2-11-39)19-23-58-48(65)28-38-29-62(30-44(38)49(66)59-24-20-34-3-12-40(55)13-4-34)52(69)37-9-18-43(47(64)27-37)53(70)63-31-45(50(67)60-25-21-35-5-14-41(56)15-6-35)46(32-63)51(68)61-26-22-36-7-16-42(57)17-8-36/h1-18,27,38,44-46,64H,19-26,28-32H2,(H,58,65)(H,59,66)(H,60,67)(H,61,68)/t38?,44?,45-,46?/m1/s1. The molecule has 5 N–H and O–H groups in total. The number of nitrogens with zero attached hydrogens (tertiary/aromatic N) is 2. The van der Waals surface area contributed by atoms with E-state index in [-0.39, 0.29) is 93.4 Å². The third kappa shape index (κ3) is 13.6. The number of carbonyl (C=O) groups is 6. The zero-order valence-electron chi connectivity index (χ0n) is 38.3. The highest BCUT2D eigenvalue weighted by molar-refractivity contribution is 6.01. The summed E-state index contributed by atoms with van der Waals surface area (Å²) in [6, 6.07) is 27.2. The van der Waals surface area contributed by atoms with Gasteiger partial charge in [0.05, 0.1) is 23.3 Å². The van der Waals surface area contributed by atoms with Crippen molar-refractivity contribution in [1.29, 1.82) is 0 Å². The van der Waals surface area contributed by atoms with Gasteiger partial charge in [-0.2, -0.15) is 0 Å². The molecule has 0 aliphatic carbocycles. The van der Waals surface area contributed by atoms with Gasteiger partial charge >= 0.3 is 0 Å². The van der Waals surface area contributed by atoms with Crippen LogP contribution in [0, 0.1) is 46.9 Å². The average molecular weight is 963 g/mol. The summed E-state index contributed by atoms with van der Waals surface area (Å²) in [5.41, 5.74) is 3.00. The number of carbonyl (C=O) groups excluding carboxylic acids is 6. The van der Waals surface area contributed by atoms with E-state index in [0.29, 0.717) is 25.7 Å². The summed E-state index contributed by atoms with van der Waals surface area (Å²) in [6.45, 7) is 0.474. The first-order valence-corrected chi connectivity index (χ1v) is 23.2. The van der Waals surface area contributed by atoms with Crippen molar-refractivity contribution < 1.29 is 51.4 Å². The molecule has 17 heteroatoms. The monoisotopic (exact) mass is 962 g/mol. The maximum Gasteiger partial charge on any atom is 0.257 e. The summed E-state index contributed by atoms with van der Waals surface area (Å²) in [4.78, 5) is 84.9. The van der Waals surface area contributed by atoms with Gasteiger partial charge in [0.25, 0.3) is 11.8 Å². The Bertz CT molecular complexity index is 2580. The summed E-state index contributed by atoms with van der Waals surface area (Å²) in [5, 5.41) is 22.6. The van der Waals surface area contributed by atoms with Gasteiger partial charge in [0.15, 0.2) is 0 Å². The van der Waals surface area contributed by atoms with Crippen LogP contribution in [0.2, 0.25) is 0 Å². The van der Waals surface area contributed by atoms with Gasteiger partial charge in [0, 0.05) is 64.3 Å². The second-order valence-electron chi connectivity index (χ2n) is 17.7. The number of phenols is 1. The lowest BCUT2D eigenvalue weighted by Crippen LogP contribution is -2.42. The van der Waals surface area contributed by atoms with Crippen LogP contribution in [0.25, 0.3) is 0 Å². The highest BCUT2D eigenvalue weighted by Gasteiger charge is 2.44. The molecule has 0 bridgehead atoms. The second kappa shape index (κ2) is 23.6. The third-order valence-corrected chi connectivity index (χ3v) is 12.8. The Labute approximate surface area is 402 Å². The molecule has 2 aliphatic heterocycles. The molecule has 5 aromatic carbocycles. The minimum Gasteiger partial charge on any atom is -0.507 e. The van der Waals surface area contributed by atoms with Crippen molar-refractivity contribution in [1.82, 2.24) is 31.1 Å². The summed E-state index contributed by atoms with van der Waals surface area (Å²) in [7, 11) is 0. The molecule has 2 aliphatic rings. The van der Waals surface area contributed by atoms with E-state index in [1.165, 1.54) is 70.5 Å². The average Bonchev–Trinajstić information content (AvgIpc) is 3.99. The smallest absolute Gasteiger partial charge is 0.257 e. The fraction of sp³-hybridized carbons (Fsp3) is 0.321. The molecular weight excluding hydrogens is 909 g/mol. The van der Waals surface area contributed by atoms with Crippen LogP contribution in [0.5, 0.6) is 5.75 Å². The number of nitrogens with one attached hydrogen (secondary N) is 4. The van der Waals surface area contributed by atoms with E-state index in [1.54, 1.807) is 48.5 Å². The molecule has 2 heterocycles. The predicted octanol–water partition coefficient (Wildman–Crippen LogP) is 5.15. The molecule has 2 saturated heterocycles. The normalized spacial score (nSPS) is 17.5. The molecule has 3 unspecified atom stereocenters. The van der Waals surface area contributed by atoms with Crippen molar-refractivity contribution >= 4 is 35.4 Å². The number of halogens is 4. The molecule has 7 rings (SSSR count). The summed E-state index contributed by atoms with van der Waals surface area (Å²) < 4.78 is 53.7. The van der Waals surface area contributed by atoms with Crippen LogP contribution in [-0.4, -0.2) is 103 Å². The Morgan fingerprint density at radius 3 is 1.21 bits per heavy atom. The fourth-order valence-electron chi connectivity index (χ4n) is 8.88. The van der Waals surface area contributed by atoms with Crippen molar-refractivity contribution in [2.24, 2.45) is 23.7 Å². The molecule has 2 fully saturated rings. The molecule has 5 aromatic rings. The van der Waals surface area contributed by atoms with Crippen molar-refractivity contribution in [3.8, 4) is 5.75 Å². The number of amides is 6. The van der Waals surface area contributed by atoms with Crippen molar-refractivity contribution in [3.05, 3.63) is 172 Å². The molecule has 70 heavy (non-hydrogen) atoms. The Kier molecular flexibility index (Phi) is 17.0. The van der Waals surface area contributed by atoms with Crippen molar-refractivity contribution in [2.75, 3.05) is 52.4 Å². The van der Waals surface area contributed by atoms with Crippen LogP contribution < -0.4 is 21.3 Å². The Hall–Kier alpha value is -7.56.